The van der Waals surface area contributed by atoms with Gasteiger partial charge in [-0.1, -0.05) is 0 Å². The summed E-state index contributed by atoms with van der Waals surface area (Å²) in [6, 6.07) is 10.1. The third-order valence-corrected chi connectivity index (χ3v) is 7.42. The molecule has 3 heterocycles. The van der Waals surface area contributed by atoms with Crippen molar-refractivity contribution in [1.82, 2.24) is 35.3 Å². The van der Waals surface area contributed by atoms with E-state index in [4.69, 9.17) is 4.98 Å². The second kappa shape index (κ2) is 9.25. The summed E-state index contributed by atoms with van der Waals surface area (Å²) in [5.74, 6) is 2.80. The molecule has 10 nitrogen and oxygen atoms in total. The number of carbonyl (C=O) groups is 1. The first-order valence-electron chi connectivity index (χ1n) is 12.6. The Morgan fingerprint density at radius 2 is 1.92 bits per heavy atom. The van der Waals surface area contributed by atoms with Crippen LogP contribution in [0.5, 0.6) is 0 Å². The molecule has 10 heteroatoms. The highest BCUT2D eigenvalue weighted by Gasteiger charge is 2.27. The molecule has 6 rings (SSSR count). The van der Waals surface area contributed by atoms with Crippen LogP contribution in [0.25, 0.3) is 10.9 Å². The summed E-state index contributed by atoms with van der Waals surface area (Å²) in [5, 5.41) is 19.2. The number of fused-ring (bicyclic) bond motifs is 1. The molecule has 2 saturated carbocycles. The highest BCUT2D eigenvalue weighted by atomic mass is 16.1. The number of benzene rings is 1. The predicted octanol–water partition coefficient (Wildman–Crippen LogP) is 3.88. The minimum atomic E-state index is -0.0251. The Labute approximate surface area is 209 Å². The van der Waals surface area contributed by atoms with Gasteiger partial charge in [0.1, 0.15) is 5.82 Å². The maximum absolute atomic E-state index is 12.8. The minimum absolute atomic E-state index is 0.0251. The van der Waals surface area contributed by atoms with Crippen molar-refractivity contribution in [3.05, 3.63) is 54.0 Å². The Morgan fingerprint density at radius 3 is 2.72 bits per heavy atom. The number of rotatable bonds is 7. The van der Waals surface area contributed by atoms with Gasteiger partial charge in [0.15, 0.2) is 5.82 Å². The molecular formula is C26H31N9O. The van der Waals surface area contributed by atoms with Crippen LogP contribution in [0.15, 0.2) is 42.7 Å². The summed E-state index contributed by atoms with van der Waals surface area (Å²) in [5.41, 5.74) is 2.88. The highest BCUT2D eigenvalue weighted by Crippen LogP contribution is 2.39. The van der Waals surface area contributed by atoms with Gasteiger partial charge in [-0.05, 0) is 62.8 Å². The van der Waals surface area contributed by atoms with Crippen LogP contribution in [-0.2, 0) is 7.05 Å². The van der Waals surface area contributed by atoms with Crippen LogP contribution in [0.2, 0.25) is 0 Å². The standard InChI is InChI=1S/C26H31N9O/c1-34(26-27-12-11-23(31-26)30-24-14-21(32-33-24)16-3-4-16)20-8-6-19(7-9-20)29-25(36)17-5-10-22-18(13-17)15-28-35(22)2/h5,10-16,19-20H,3-4,6-9H2,1-2H3,(H,29,36)(H2,27,30,31,32,33). The number of amides is 1. The van der Waals surface area contributed by atoms with E-state index in [0.29, 0.717) is 23.5 Å². The lowest BCUT2D eigenvalue weighted by Crippen LogP contribution is -2.43. The van der Waals surface area contributed by atoms with Crippen molar-refractivity contribution in [3.63, 3.8) is 0 Å². The summed E-state index contributed by atoms with van der Waals surface area (Å²) in [4.78, 5) is 24.2. The molecule has 0 bridgehead atoms. The third kappa shape index (κ3) is 4.62. The van der Waals surface area contributed by atoms with Crippen LogP contribution >= 0.6 is 0 Å². The highest BCUT2D eigenvalue weighted by molar-refractivity contribution is 5.98. The zero-order valence-corrected chi connectivity index (χ0v) is 20.6. The molecule has 0 unspecified atom stereocenters. The second-order valence-electron chi connectivity index (χ2n) is 9.98. The number of aromatic nitrogens is 6. The summed E-state index contributed by atoms with van der Waals surface area (Å²) in [7, 11) is 3.95. The first-order chi connectivity index (χ1) is 17.5. The van der Waals surface area contributed by atoms with Crippen LogP contribution < -0.4 is 15.5 Å². The van der Waals surface area contributed by atoms with E-state index >= 15 is 0 Å². The molecule has 186 valence electrons. The van der Waals surface area contributed by atoms with E-state index in [1.807, 2.05) is 43.0 Å². The molecule has 1 amide bonds. The van der Waals surface area contributed by atoms with Gasteiger partial charge in [-0.15, -0.1) is 0 Å². The van der Waals surface area contributed by atoms with Crippen molar-refractivity contribution in [1.29, 1.82) is 0 Å². The molecule has 0 saturated heterocycles. The van der Waals surface area contributed by atoms with Gasteiger partial charge in [0.25, 0.3) is 5.91 Å². The van der Waals surface area contributed by atoms with E-state index < -0.39 is 0 Å². The van der Waals surface area contributed by atoms with Crippen molar-refractivity contribution < 1.29 is 4.79 Å². The zero-order chi connectivity index (χ0) is 24.6. The van der Waals surface area contributed by atoms with E-state index in [0.717, 1.165) is 48.2 Å². The fourth-order valence-electron chi connectivity index (χ4n) is 5.07. The van der Waals surface area contributed by atoms with Crippen LogP contribution in [-0.4, -0.2) is 55.0 Å². The fourth-order valence-corrected chi connectivity index (χ4v) is 5.07. The molecule has 0 spiro atoms. The lowest BCUT2D eigenvalue weighted by Gasteiger charge is -2.35. The smallest absolute Gasteiger partial charge is 0.251 e. The summed E-state index contributed by atoms with van der Waals surface area (Å²) >= 11 is 0. The van der Waals surface area contributed by atoms with E-state index in [1.165, 1.54) is 18.5 Å². The van der Waals surface area contributed by atoms with E-state index in [1.54, 1.807) is 12.4 Å². The number of hydrogen-bond acceptors (Lipinski definition) is 7. The predicted molar refractivity (Wildman–Crippen MR) is 139 cm³/mol. The first-order valence-corrected chi connectivity index (χ1v) is 12.6. The summed E-state index contributed by atoms with van der Waals surface area (Å²) in [6.45, 7) is 0. The third-order valence-electron chi connectivity index (χ3n) is 7.42. The fraction of sp³-hybridized carbons (Fsp3) is 0.423. The number of carbonyl (C=O) groups excluding carboxylic acids is 1. The van der Waals surface area contributed by atoms with Gasteiger partial charge in [-0.2, -0.15) is 15.2 Å². The minimum Gasteiger partial charge on any atom is -0.349 e. The molecule has 36 heavy (non-hydrogen) atoms. The molecule has 2 fully saturated rings. The number of anilines is 3. The Balaban J connectivity index is 1.04. The summed E-state index contributed by atoms with van der Waals surface area (Å²) in [6.07, 6.45) is 9.81. The number of nitrogens with one attached hydrogen (secondary N) is 3. The van der Waals surface area contributed by atoms with E-state index in [-0.39, 0.29) is 11.9 Å². The average Bonchev–Trinajstić information content (AvgIpc) is 3.54. The van der Waals surface area contributed by atoms with Crippen LogP contribution in [0.1, 0.15) is 60.5 Å². The van der Waals surface area contributed by atoms with Gasteiger partial charge in [-0.3, -0.25) is 14.6 Å². The van der Waals surface area contributed by atoms with Crippen LogP contribution in [0, 0.1) is 0 Å². The van der Waals surface area contributed by atoms with Crippen LogP contribution in [0.4, 0.5) is 17.6 Å². The first kappa shape index (κ1) is 22.5. The normalized spacial score (nSPS) is 19.8. The van der Waals surface area contributed by atoms with Crippen molar-refractivity contribution in [2.24, 2.45) is 7.05 Å². The average molecular weight is 486 g/mol. The molecule has 2 aliphatic rings. The van der Waals surface area contributed by atoms with Crippen molar-refractivity contribution in [2.45, 2.75) is 56.5 Å². The molecule has 4 aromatic rings. The van der Waals surface area contributed by atoms with E-state index in [2.05, 4.69) is 41.9 Å². The molecule has 3 N–H and O–H groups in total. The maximum atomic E-state index is 12.8. The number of hydrogen-bond donors (Lipinski definition) is 3. The van der Waals surface area contributed by atoms with Gasteiger partial charge < -0.3 is 15.5 Å². The number of nitrogens with zero attached hydrogens (tertiary/aromatic N) is 6. The molecule has 1 aromatic carbocycles. The van der Waals surface area contributed by atoms with Gasteiger partial charge >= 0.3 is 0 Å². The molecular weight excluding hydrogens is 454 g/mol. The Morgan fingerprint density at radius 1 is 1.08 bits per heavy atom. The Kier molecular flexibility index (Phi) is 5.79. The molecule has 0 radical (unpaired) electrons. The number of aromatic amines is 1. The van der Waals surface area contributed by atoms with Gasteiger partial charge in [0.05, 0.1) is 11.7 Å². The summed E-state index contributed by atoms with van der Waals surface area (Å²) < 4.78 is 1.81. The van der Waals surface area contributed by atoms with Crippen molar-refractivity contribution in [2.75, 3.05) is 17.3 Å². The number of H-pyrrole nitrogens is 1. The van der Waals surface area contributed by atoms with Gasteiger partial charge in [0, 0.05) is 61.0 Å². The monoisotopic (exact) mass is 485 g/mol. The Bertz CT molecular complexity index is 1380. The number of aryl methyl sites for hydroxylation is 1. The quantitative estimate of drug-likeness (QED) is 0.364. The Hall–Kier alpha value is -3.95. The lowest BCUT2D eigenvalue weighted by atomic mass is 9.90. The van der Waals surface area contributed by atoms with Crippen LogP contribution in [0.3, 0.4) is 0 Å². The molecule has 0 aliphatic heterocycles. The van der Waals surface area contributed by atoms with Gasteiger partial charge in [0.2, 0.25) is 5.95 Å². The topological polar surface area (TPSA) is 117 Å². The van der Waals surface area contributed by atoms with E-state index in [9.17, 15) is 4.79 Å². The lowest BCUT2D eigenvalue weighted by molar-refractivity contribution is 0.0926. The van der Waals surface area contributed by atoms with Crippen molar-refractivity contribution in [3.8, 4) is 0 Å². The molecule has 0 atom stereocenters. The molecule has 3 aromatic heterocycles. The van der Waals surface area contributed by atoms with Crippen molar-refractivity contribution >= 4 is 34.4 Å². The van der Waals surface area contributed by atoms with Gasteiger partial charge in [-0.25, -0.2) is 4.98 Å². The largest absolute Gasteiger partial charge is 0.349 e. The second-order valence-corrected chi connectivity index (χ2v) is 9.98. The molecule has 2 aliphatic carbocycles. The SMILES string of the molecule is CN(c1nccc(Nc2cc(C3CC3)[nH]n2)n1)C1CCC(NC(=O)c2ccc3c(cnn3C)c2)CC1. The maximum Gasteiger partial charge on any atom is 0.251 e. The zero-order valence-electron chi connectivity index (χ0n) is 20.6.